The summed E-state index contributed by atoms with van der Waals surface area (Å²) >= 11 is 0. The molecule has 424 valence electrons. The largest absolute Gasteiger partial charge is 0.397 e. The van der Waals surface area contributed by atoms with Gasteiger partial charge in [0.25, 0.3) is 0 Å². The summed E-state index contributed by atoms with van der Waals surface area (Å²) in [5, 5.41) is 35.0. The normalized spacial score (nSPS) is 51.8. The second kappa shape index (κ2) is 16.8. The molecule has 0 aromatic rings. The van der Waals surface area contributed by atoms with Gasteiger partial charge in [-0.2, -0.15) is 16.8 Å². The van der Waals surface area contributed by atoms with Gasteiger partial charge in [0, 0.05) is 39.9 Å². The molecule has 75 heavy (non-hydrogen) atoms. The Morgan fingerprint density at radius 2 is 1.23 bits per heavy atom. The highest BCUT2D eigenvalue weighted by molar-refractivity contribution is 7.81. The van der Waals surface area contributed by atoms with Gasteiger partial charge in [0.2, 0.25) is 0 Å². The summed E-state index contributed by atoms with van der Waals surface area (Å²) < 4.78 is 109. The lowest BCUT2D eigenvalue weighted by Crippen LogP contribution is -2.76. The van der Waals surface area contributed by atoms with Crippen molar-refractivity contribution in [2.45, 2.75) is 239 Å². The molecule has 21 atom stereocenters. The fourth-order valence-corrected chi connectivity index (χ4v) is 23.4. The predicted molar refractivity (Wildman–Crippen MR) is 277 cm³/mol. The van der Waals surface area contributed by atoms with Gasteiger partial charge in [-0.1, -0.05) is 77.7 Å². The first-order valence-electron chi connectivity index (χ1n) is 29.1. The third kappa shape index (κ3) is 7.52. The van der Waals surface area contributed by atoms with Crippen LogP contribution in [0, 0.1) is 85.8 Å². The molecule has 17 heteroatoms. The summed E-state index contributed by atoms with van der Waals surface area (Å²) in [4.78, 5) is 0. The summed E-state index contributed by atoms with van der Waals surface area (Å²) in [6.45, 7) is 24.6. The number of hydrogen-bond donors (Lipinski definition) is 5. The molecule has 4 saturated carbocycles. The van der Waals surface area contributed by atoms with Gasteiger partial charge in [0.05, 0.1) is 48.8 Å². The van der Waals surface area contributed by atoms with Gasteiger partial charge in [-0.3, -0.25) is 9.11 Å². The van der Waals surface area contributed by atoms with Crippen molar-refractivity contribution in [1.82, 2.24) is 0 Å². The maximum atomic E-state index is 12.6. The summed E-state index contributed by atoms with van der Waals surface area (Å²) in [7, 11) is -9.60. The Hall–Kier alpha value is -1.06. The van der Waals surface area contributed by atoms with Gasteiger partial charge in [-0.15, -0.1) is 0 Å². The third-order valence-electron chi connectivity index (χ3n) is 25.7. The molecule has 6 aliphatic heterocycles. The Bertz CT molecular complexity index is 2650. The van der Waals surface area contributed by atoms with Gasteiger partial charge in [-0.05, 0) is 176 Å². The smallest absolute Gasteiger partial charge is 0.387 e. The lowest BCUT2D eigenvalue weighted by molar-refractivity contribution is -0.408. The molecule has 8 aliphatic carbocycles. The number of aliphatic hydroxyl groups is 3. The zero-order valence-corrected chi connectivity index (χ0v) is 48.3. The summed E-state index contributed by atoms with van der Waals surface area (Å²) in [5.41, 5.74) is 1.22. The first-order chi connectivity index (χ1) is 34.6. The van der Waals surface area contributed by atoms with E-state index in [9.17, 15) is 41.3 Å². The van der Waals surface area contributed by atoms with Crippen molar-refractivity contribution >= 4 is 20.8 Å². The molecule has 6 saturated heterocycles. The number of aliphatic hydroxyl groups excluding tert-OH is 1. The lowest BCUT2D eigenvalue weighted by atomic mass is 9.42. The molecule has 5 N–H and O–H groups in total. The minimum absolute atomic E-state index is 0.0253. The molecular formula is C58H90O15S2. The van der Waals surface area contributed by atoms with Gasteiger partial charge in [0.15, 0.2) is 11.6 Å². The van der Waals surface area contributed by atoms with Crippen LogP contribution in [0.15, 0.2) is 22.3 Å². The quantitative estimate of drug-likeness (QED) is 0.101. The highest BCUT2D eigenvalue weighted by Crippen LogP contribution is 2.74. The molecule has 0 aromatic heterocycles. The summed E-state index contributed by atoms with van der Waals surface area (Å²) in [5.74, 6) is -1.95. The molecule has 0 radical (unpaired) electrons. The van der Waals surface area contributed by atoms with E-state index in [-0.39, 0.29) is 65.3 Å². The van der Waals surface area contributed by atoms with Crippen molar-refractivity contribution in [1.29, 1.82) is 0 Å². The minimum atomic E-state index is -4.83. The molecule has 2 spiro atoms. The van der Waals surface area contributed by atoms with Crippen LogP contribution < -0.4 is 0 Å². The Morgan fingerprint density at radius 1 is 0.680 bits per heavy atom. The maximum Gasteiger partial charge on any atom is 0.397 e. The maximum absolute atomic E-state index is 12.6. The Balaban J connectivity index is 0.788. The van der Waals surface area contributed by atoms with E-state index in [2.05, 4.69) is 48.5 Å². The van der Waals surface area contributed by atoms with Crippen molar-refractivity contribution in [3.05, 3.63) is 22.3 Å². The minimum Gasteiger partial charge on any atom is -0.387 e. The molecular weight excluding hydrogens is 1000 g/mol. The van der Waals surface area contributed by atoms with Gasteiger partial charge in [0.1, 0.15) is 6.10 Å². The zero-order valence-electron chi connectivity index (χ0n) is 46.7. The van der Waals surface area contributed by atoms with E-state index in [1.54, 1.807) is 0 Å². The highest BCUT2D eigenvalue weighted by Gasteiger charge is 2.75. The molecule has 10 fully saturated rings. The highest BCUT2D eigenvalue weighted by atomic mass is 32.3. The van der Waals surface area contributed by atoms with Crippen molar-refractivity contribution < 1.29 is 68.6 Å². The van der Waals surface area contributed by atoms with Gasteiger partial charge in [-0.25, -0.2) is 8.37 Å². The van der Waals surface area contributed by atoms with Crippen LogP contribution in [0.2, 0.25) is 0 Å². The van der Waals surface area contributed by atoms with Gasteiger partial charge >= 0.3 is 20.8 Å². The predicted octanol–water partition coefficient (Wildman–Crippen LogP) is 9.45. The Morgan fingerprint density at radius 3 is 1.79 bits per heavy atom. The number of hydrogen-bond acceptors (Lipinski definition) is 13. The van der Waals surface area contributed by atoms with Crippen LogP contribution >= 0.6 is 0 Å². The molecule has 14 rings (SSSR count). The first kappa shape index (κ1) is 54.5. The Kier molecular flexibility index (Phi) is 12.2. The van der Waals surface area contributed by atoms with Crippen LogP contribution in [0.1, 0.15) is 185 Å². The van der Waals surface area contributed by atoms with E-state index in [0.717, 1.165) is 77.0 Å². The molecule has 14 aliphatic rings. The van der Waals surface area contributed by atoms with Crippen LogP contribution in [0.3, 0.4) is 0 Å². The first-order valence-corrected chi connectivity index (χ1v) is 31.9. The van der Waals surface area contributed by atoms with Crippen LogP contribution in [0.4, 0.5) is 0 Å². The topological polar surface area (TPSA) is 225 Å². The van der Waals surface area contributed by atoms with E-state index in [4.69, 9.17) is 27.3 Å². The second-order valence-electron chi connectivity index (χ2n) is 29.7. The van der Waals surface area contributed by atoms with E-state index in [1.807, 2.05) is 27.7 Å². The van der Waals surface area contributed by atoms with Crippen molar-refractivity contribution in [3.8, 4) is 0 Å². The van der Waals surface area contributed by atoms with Gasteiger partial charge < -0.3 is 34.3 Å². The second-order valence-corrected chi connectivity index (χ2v) is 31.8. The van der Waals surface area contributed by atoms with E-state index in [0.29, 0.717) is 56.0 Å². The molecule has 0 amide bonds. The molecule has 0 aromatic carbocycles. The van der Waals surface area contributed by atoms with E-state index in [1.165, 1.54) is 22.3 Å². The van der Waals surface area contributed by atoms with E-state index >= 15 is 0 Å². The van der Waals surface area contributed by atoms with Crippen molar-refractivity contribution in [3.63, 3.8) is 0 Å². The van der Waals surface area contributed by atoms with E-state index < -0.39 is 83.9 Å². The summed E-state index contributed by atoms with van der Waals surface area (Å²) in [6, 6.07) is 0. The number of fused-ring (bicyclic) bond motifs is 10. The average Bonchev–Trinajstić information content (AvgIpc) is 3.98. The summed E-state index contributed by atoms with van der Waals surface area (Å²) in [6.07, 6.45) is 10.6. The molecule has 6 bridgehead atoms. The van der Waals surface area contributed by atoms with Crippen LogP contribution in [0.25, 0.3) is 0 Å². The van der Waals surface area contributed by atoms with Crippen molar-refractivity contribution in [2.75, 3.05) is 13.2 Å². The lowest BCUT2D eigenvalue weighted by Gasteiger charge is -2.69. The fourth-order valence-electron chi connectivity index (χ4n) is 22.4. The molecule has 6 heterocycles. The number of rotatable bonds is 10. The fraction of sp³-hybridized carbons (Fsp3) is 0.931. The SMILES string of the molecule is C[C@@H]([C@H]1CCC2C3=C(CC[C@@]21C)[C@]12CCC(O)(OC1)C(C)(C)C2[C@@H](OS(=O)(=O)O)C3)[C@H]1C[C@@H]2C[C@@](C)(OC2(C)C)[C@H](CC[C@@H](C)[C@H]2CCC3C4=C(CC[C@@]32C)[C@@]23COC(O)([C@@H](O)C2)C(C)(C)C3[C@@H](OS(=O)(=O)O)C4)O1. The Labute approximate surface area is 447 Å². The number of ether oxygens (including phenoxy) is 4. The van der Waals surface area contributed by atoms with Crippen molar-refractivity contribution in [2.24, 2.45) is 85.8 Å². The molecule has 15 nitrogen and oxygen atoms in total. The van der Waals surface area contributed by atoms with Crippen LogP contribution in [-0.2, 0) is 48.1 Å². The zero-order chi connectivity index (χ0) is 54.1. The van der Waals surface area contributed by atoms with Crippen LogP contribution in [0.5, 0.6) is 0 Å². The van der Waals surface area contributed by atoms with Crippen LogP contribution in [-0.4, -0.2) is 108 Å². The molecule has 6 unspecified atom stereocenters. The third-order valence-corrected chi connectivity index (χ3v) is 26.7. The standard InChI is InChI=1S/C58H90O15S2/c1-31(36-13-15-38-35-26-44(72-75(65,66)67)48-50(5,6)58(61)45(59)28-56(48,30-69-58)41(35)19-20-52(36,38)9)12-17-46-54(11)27-33(51(7,8)73-54)24-42(70-46)32(2)37-14-16-39-34-25-43(71-74(62,63)64)47-49(3,4)57(60)23-22-55(47,29-68-57)40(34)18-21-53(37,39)10/h31-33,36-39,42-48,59-61H,12-30H2,1-11H3,(H,62,63,64)(H,65,66,67)/t31-,32+,33-,36-,37-,38?,39?,42-,43+,44+,45+,46+,47?,48?,52-,53-,54-,55+,56+,57?,58?/m1/s1. The average molecular weight is 1090 g/mol. The monoisotopic (exact) mass is 1090 g/mol.